The first-order valence-electron chi connectivity index (χ1n) is 5.54. The summed E-state index contributed by atoms with van der Waals surface area (Å²) in [5.74, 6) is -1.16. The molecular weight excluding hydrogens is 264 g/mol. The van der Waals surface area contributed by atoms with E-state index in [1.165, 1.54) is 37.7 Å². The standard InChI is InChI=1S/C13H10N2O5/c1-20-11-7-9(6-10(13(11)17)15(18)19)12(16)8-2-4-14-5-3-8/h2-7,17H,1H3. The molecule has 0 radical (unpaired) electrons. The fourth-order valence-corrected chi connectivity index (χ4v) is 1.69. The van der Waals surface area contributed by atoms with E-state index in [4.69, 9.17) is 4.74 Å². The van der Waals surface area contributed by atoms with Crippen molar-refractivity contribution in [3.05, 3.63) is 57.9 Å². The lowest BCUT2D eigenvalue weighted by Gasteiger charge is -2.07. The molecule has 0 saturated carbocycles. The fourth-order valence-electron chi connectivity index (χ4n) is 1.69. The molecule has 7 heteroatoms. The van der Waals surface area contributed by atoms with E-state index in [1.807, 2.05) is 0 Å². The number of ketones is 1. The Kier molecular flexibility index (Phi) is 3.60. The van der Waals surface area contributed by atoms with E-state index < -0.39 is 22.1 Å². The highest BCUT2D eigenvalue weighted by Gasteiger charge is 2.22. The van der Waals surface area contributed by atoms with Crippen LogP contribution in [-0.4, -0.2) is 27.9 Å². The van der Waals surface area contributed by atoms with Crippen LogP contribution in [0.2, 0.25) is 0 Å². The van der Waals surface area contributed by atoms with E-state index in [0.29, 0.717) is 5.56 Å². The maximum absolute atomic E-state index is 12.2. The van der Waals surface area contributed by atoms with E-state index in [1.54, 1.807) is 0 Å². The molecule has 0 fully saturated rings. The number of rotatable bonds is 4. The van der Waals surface area contributed by atoms with E-state index >= 15 is 0 Å². The number of methoxy groups -OCH3 is 1. The number of hydrogen-bond acceptors (Lipinski definition) is 6. The number of nitro groups is 1. The van der Waals surface area contributed by atoms with Gasteiger partial charge in [-0.3, -0.25) is 19.9 Å². The number of nitrogens with zero attached hydrogens (tertiary/aromatic N) is 2. The van der Waals surface area contributed by atoms with Crippen LogP contribution >= 0.6 is 0 Å². The third kappa shape index (κ3) is 2.41. The summed E-state index contributed by atoms with van der Waals surface area (Å²) in [6.45, 7) is 0. The molecule has 7 nitrogen and oxygen atoms in total. The second-order valence-corrected chi connectivity index (χ2v) is 3.87. The van der Waals surface area contributed by atoms with Crippen molar-refractivity contribution in [2.75, 3.05) is 7.11 Å². The van der Waals surface area contributed by atoms with Gasteiger partial charge in [-0.15, -0.1) is 0 Å². The van der Waals surface area contributed by atoms with Crippen LogP contribution in [0.15, 0.2) is 36.7 Å². The van der Waals surface area contributed by atoms with Gasteiger partial charge < -0.3 is 9.84 Å². The van der Waals surface area contributed by atoms with Gasteiger partial charge in [0.25, 0.3) is 0 Å². The highest BCUT2D eigenvalue weighted by Crippen LogP contribution is 2.37. The number of benzene rings is 1. The van der Waals surface area contributed by atoms with Gasteiger partial charge in [-0.25, -0.2) is 0 Å². The number of hydrogen-bond donors (Lipinski definition) is 1. The molecular formula is C13H10N2O5. The van der Waals surface area contributed by atoms with Gasteiger partial charge >= 0.3 is 5.69 Å². The van der Waals surface area contributed by atoms with Crippen LogP contribution < -0.4 is 4.74 Å². The topological polar surface area (TPSA) is 103 Å². The van der Waals surface area contributed by atoms with Crippen molar-refractivity contribution in [2.24, 2.45) is 0 Å². The first kappa shape index (κ1) is 13.5. The predicted octanol–water partition coefficient (Wildman–Crippen LogP) is 1.94. The van der Waals surface area contributed by atoms with Gasteiger partial charge in [0.05, 0.1) is 12.0 Å². The number of aromatic hydroxyl groups is 1. The number of ether oxygens (including phenoxy) is 1. The summed E-state index contributed by atoms with van der Waals surface area (Å²) in [4.78, 5) is 26.1. The average molecular weight is 274 g/mol. The number of pyridine rings is 1. The predicted molar refractivity (Wildman–Crippen MR) is 69.0 cm³/mol. The van der Waals surface area contributed by atoms with Crippen LogP contribution in [0.25, 0.3) is 0 Å². The van der Waals surface area contributed by atoms with Crippen LogP contribution in [0.1, 0.15) is 15.9 Å². The van der Waals surface area contributed by atoms with Crippen LogP contribution in [0.4, 0.5) is 5.69 Å². The van der Waals surface area contributed by atoms with Crippen molar-refractivity contribution in [3.63, 3.8) is 0 Å². The fraction of sp³-hybridized carbons (Fsp3) is 0.0769. The highest BCUT2D eigenvalue weighted by atomic mass is 16.6. The quantitative estimate of drug-likeness (QED) is 0.519. The Morgan fingerprint density at radius 3 is 2.50 bits per heavy atom. The summed E-state index contributed by atoms with van der Waals surface area (Å²) in [5.41, 5.74) is -0.193. The molecule has 102 valence electrons. The zero-order valence-electron chi connectivity index (χ0n) is 10.4. The van der Waals surface area contributed by atoms with Crippen LogP contribution in [0.5, 0.6) is 11.5 Å². The third-order valence-electron chi connectivity index (χ3n) is 2.68. The Morgan fingerprint density at radius 2 is 1.95 bits per heavy atom. The van der Waals surface area contributed by atoms with Crippen LogP contribution in [0.3, 0.4) is 0 Å². The summed E-state index contributed by atoms with van der Waals surface area (Å²) >= 11 is 0. The lowest BCUT2D eigenvalue weighted by Crippen LogP contribution is -2.03. The van der Waals surface area contributed by atoms with Crippen LogP contribution in [-0.2, 0) is 0 Å². The Hall–Kier alpha value is -2.96. The van der Waals surface area contributed by atoms with Gasteiger partial charge in [-0.05, 0) is 18.2 Å². The molecule has 1 aromatic heterocycles. The number of nitro benzene ring substituents is 1. The molecule has 0 amide bonds. The molecule has 1 aromatic carbocycles. The molecule has 0 aliphatic rings. The molecule has 0 bridgehead atoms. The van der Waals surface area contributed by atoms with Crippen LogP contribution in [0, 0.1) is 10.1 Å². The van der Waals surface area contributed by atoms with Gasteiger partial charge in [0.1, 0.15) is 0 Å². The average Bonchev–Trinajstić information content (AvgIpc) is 2.47. The first-order valence-corrected chi connectivity index (χ1v) is 5.54. The molecule has 2 aromatic rings. The lowest BCUT2D eigenvalue weighted by molar-refractivity contribution is -0.386. The number of aromatic nitrogens is 1. The Labute approximate surface area is 113 Å². The van der Waals surface area contributed by atoms with E-state index in [-0.39, 0.29) is 11.3 Å². The van der Waals surface area contributed by atoms with E-state index in [9.17, 15) is 20.0 Å². The minimum absolute atomic E-state index is 0.0533. The summed E-state index contributed by atoms with van der Waals surface area (Å²) in [5, 5.41) is 20.5. The zero-order chi connectivity index (χ0) is 14.7. The normalized spacial score (nSPS) is 10.1. The molecule has 20 heavy (non-hydrogen) atoms. The molecule has 2 rings (SSSR count). The second kappa shape index (κ2) is 5.35. The summed E-state index contributed by atoms with van der Waals surface area (Å²) in [6.07, 6.45) is 2.89. The van der Waals surface area contributed by atoms with Crippen molar-refractivity contribution >= 4 is 11.5 Å². The van der Waals surface area contributed by atoms with Gasteiger partial charge in [0.2, 0.25) is 5.75 Å². The van der Waals surface area contributed by atoms with E-state index in [0.717, 1.165) is 6.07 Å². The minimum atomic E-state index is -0.777. The first-order chi connectivity index (χ1) is 9.54. The Balaban J connectivity index is 2.55. The molecule has 0 unspecified atom stereocenters. The number of phenols is 1. The van der Waals surface area contributed by atoms with Crippen molar-refractivity contribution in [2.45, 2.75) is 0 Å². The van der Waals surface area contributed by atoms with Gasteiger partial charge in [0.15, 0.2) is 11.5 Å². The maximum Gasteiger partial charge on any atom is 0.315 e. The molecule has 0 atom stereocenters. The minimum Gasteiger partial charge on any atom is -0.500 e. The second-order valence-electron chi connectivity index (χ2n) is 3.87. The Bertz CT molecular complexity index is 670. The van der Waals surface area contributed by atoms with Crippen molar-refractivity contribution in [3.8, 4) is 11.5 Å². The molecule has 0 spiro atoms. The maximum atomic E-state index is 12.2. The third-order valence-corrected chi connectivity index (χ3v) is 2.68. The highest BCUT2D eigenvalue weighted by molar-refractivity contribution is 6.09. The largest absolute Gasteiger partial charge is 0.500 e. The number of phenolic OH excluding ortho intramolecular Hbond substituents is 1. The Morgan fingerprint density at radius 1 is 1.30 bits per heavy atom. The van der Waals surface area contributed by atoms with E-state index in [2.05, 4.69) is 4.98 Å². The number of carbonyl (C=O) groups is 1. The number of carbonyl (C=O) groups excluding carboxylic acids is 1. The van der Waals surface area contributed by atoms with Crippen molar-refractivity contribution in [1.29, 1.82) is 0 Å². The SMILES string of the molecule is COc1cc(C(=O)c2ccncc2)cc([N+](=O)[O-])c1O. The monoisotopic (exact) mass is 274 g/mol. The lowest BCUT2D eigenvalue weighted by atomic mass is 10.0. The molecule has 0 saturated heterocycles. The molecule has 1 heterocycles. The van der Waals surface area contributed by atoms with Crippen molar-refractivity contribution < 1.29 is 19.6 Å². The van der Waals surface area contributed by atoms with Gasteiger partial charge in [-0.1, -0.05) is 0 Å². The smallest absolute Gasteiger partial charge is 0.315 e. The summed E-state index contributed by atoms with van der Waals surface area (Å²) in [6, 6.07) is 5.26. The summed E-state index contributed by atoms with van der Waals surface area (Å²) < 4.78 is 4.84. The zero-order valence-corrected chi connectivity index (χ0v) is 10.4. The van der Waals surface area contributed by atoms with Gasteiger partial charge in [0, 0.05) is 29.6 Å². The molecule has 0 aliphatic carbocycles. The van der Waals surface area contributed by atoms with Crippen molar-refractivity contribution in [1.82, 2.24) is 4.98 Å². The van der Waals surface area contributed by atoms with Gasteiger partial charge in [-0.2, -0.15) is 0 Å². The summed E-state index contributed by atoms with van der Waals surface area (Å²) in [7, 11) is 1.25. The molecule has 1 N–H and O–H groups in total. The molecule has 0 aliphatic heterocycles.